The molecule has 1 saturated heterocycles. The van der Waals surface area contributed by atoms with Gasteiger partial charge in [-0.15, -0.1) is 0 Å². The van der Waals surface area contributed by atoms with Gasteiger partial charge in [0.05, 0.1) is 10.9 Å². The molecule has 9 nitrogen and oxygen atoms in total. The third-order valence-corrected chi connectivity index (χ3v) is 14.3. The molecule has 2 bridgehead atoms. The fourth-order valence-corrected chi connectivity index (χ4v) is 9.90. The number of allylic oxidation sites excluding steroid dienone is 1. The zero-order chi connectivity index (χ0) is 36.3. The lowest BCUT2D eigenvalue weighted by Gasteiger charge is -2.52. The lowest BCUT2D eigenvalue weighted by Crippen LogP contribution is -2.59. The number of halogens is 1. The number of rotatable bonds is 4. The van der Waals surface area contributed by atoms with E-state index >= 15 is 0 Å². The van der Waals surface area contributed by atoms with E-state index in [1.54, 1.807) is 13.0 Å². The largest absolute Gasteiger partial charge is 0.487 e. The number of aryl methyl sites for hydroxylation is 1. The fraction of sp³-hybridized carbons (Fsp3) is 0.625. The Morgan fingerprint density at radius 2 is 1.80 bits per heavy atom. The molecule has 2 aromatic rings. The van der Waals surface area contributed by atoms with Crippen LogP contribution in [0.2, 0.25) is 5.02 Å². The van der Waals surface area contributed by atoms with Crippen molar-refractivity contribution in [3.8, 4) is 5.75 Å². The van der Waals surface area contributed by atoms with Gasteiger partial charge >= 0.3 is 0 Å². The number of benzene rings is 2. The lowest BCUT2D eigenvalue weighted by atomic mass is 9.63. The first kappa shape index (κ1) is 38.1. The molecule has 5 atom stereocenters. The van der Waals surface area contributed by atoms with Gasteiger partial charge in [-0.2, -0.15) is 0 Å². The summed E-state index contributed by atoms with van der Waals surface area (Å²) in [6.07, 6.45) is 9.93. The zero-order valence-corrected chi connectivity index (χ0v) is 32.6. The van der Waals surface area contributed by atoms with Gasteiger partial charge in [0.1, 0.15) is 18.0 Å². The van der Waals surface area contributed by atoms with Crippen LogP contribution in [-0.4, -0.2) is 93.9 Å². The summed E-state index contributed by atoms with van der Waals surface area (Å²) >= 11 is 6.40. The van der Waals surface area contributed by atoms with Gasteiger partial charge in [-0.1, -0.05) is 36.7 Å². The van der Waals surface area contributed by atoms with Crippen LogP contribution in [0, 0.1) is 17.8 Å². The van der Waals surface area contributed by atoms with Gasteiger partial charge in [0, 0.05) is 69.6 Å². The van der Waals surface area contributed by atoms with Crippen LogP contribution in [0.3, 0.4) is 0 Å². The Bertz CT molecular complexity index is 1680. The number of methoxy groups -OCH3 is 1. The number of ether oxygens (including phenoxy) is 2. The van der Waals surface area contributed by atoms with E-state index in [1.807, 2.05) is 44.4 Å². The number of nitrogens with zero attached hydrogens (tertiary/aromatic N) is 3. The Balaban J connectivity index is 1.38. The number of piperazine rings is 1. The summed E-state index contributed by atoms with van der Waals surface area (Å²) in [5.41, 5.74) is 2.90. The number of amides is 1. The summed E-state index contributed by atoms with van der Waals surface area (Å²) < 4.78 is 42.7. The van der Waals surface area contributed by atoms with Crippen LogP contribution in [0.25, 0.3) is 0 Å². The minimum Gasteiger partial charge on any atom is -0.487 e. The normalized spacial score (nSPS) is 30.2. The molecule has 51 heavy (non-hydrogen) atoms. The maximum Gasteiger partial charge on any atom is 0.264 e. The van der Waals surface area contributed by atoms with E-state index in [4.69, 9.17) is 21.1 Å². The second-order valence-electron chi connectivity index (χ2n) is 15.6. The first-order valence-electron chi connectivity index (χ1n) is 18.9. The Kier molecular flexibility index (Phi) is 12.1. The SMILES string of the molecule is CO[C@]1(CN2CCN(C(C)C)CC2)/C=C/C[C@H](C)[C@@H](C)S(=O)(=O)NC(=O)c2ccc3c(c2)N(CCCCc2cc(Cl)ccc2CO3)C[C@@H]2CC[C@H]21. The maximum absolute atomic E-state index is 13.6. The van der Waals surface area contributed by atoms with Gasteiger partial charge < -0.3 is 14.4 Å². The highest BCUT2D eigenvalue weighted by atomic mass is 35.5. The quantitative estimate of drug-likeness (QED) is 0.354. The third kappa shape index (κ3) is 8.62. The average molecular weight is 741 g/mol. The van der Waals surface area contributed by atoms with Gasteiger partial charge in [0.25, 0.3) is 5.91 Å². The van der Waals surface area contributed by atoms with Crippen molar-refractivity contribution in [2.45, 2.75) is 89.7 Å². The molecule has 2 aromatic carbocycles. The predicted molar refractivity (Wildman–Crippen MR) is 205 cm³/mol. The molecule has 2 fully saturated rings. The number of nitrogens with one attached hydrogen (secondary N) is 1. The van der Waals surface area contributed by atoms with E-state index in [2.05, 4.69) is 45.4 Å². The molecule has 1 N–H and O–H groups in total. The molecule has 3 heterocycles. The number of carbonyl (C=O) groups excluding carboxylic acids is 1. The maximum atomic E-state index is 13.6. The van der Waals surface area contributed by atoms with E-state index in [0.717, 1.165) is 94.2 Å². The minimum atomic E-state index is -3.95. The van der Waals surface area contributed by atoms with Gasteiger partial charge in [-0.3, -0.25) is 14.6 Å². The van der Waals surface area contributed by atoms with Crippen molar-refractivity contribution < 1.29 is 22.7 Å². The molecule has 0 spiro atoms. The standard InChI is InChI=1S/C40H57ClN4O5S/c1-28(2)44-21-19-43(20-22-44)27-40(49-5)17-8-9-29(3)30(4)51(47,48)42-39(46)32-13-16-38-37(24-32)45(25-33-12-15-36(33)40)18-7-6-10-31-23-35(41)14-11-34(31)26-50-38/h8,11,13-14,16-17,23-24,28-30,33,36H,6-7,9-10,12,15,18-22,25-27H2,1-5H3,(H,42,46)/b17-8+/t29-,30+,33-,36+,40-/m0/s1. The lowest BCUT2D eigenvalue weighted by molar-refractivity contribution is -0.0960. The van der Waals surface area contributed by atoms with E-state index in [0.29, 0.717) is 36.3 Å². The predicted octanol–water partition coefficient (Wildman–Crippen LogP) is 6.54. The van der Waals surface area contributed by atoms with Crippen LogP contribution < -0.4 is 14.4 Å². The number of sulfonamides is 1. The summed E-state index contributed by atoms with van der Waals surface area (Å²) in [7, 11) is -2.10. The molecule has 280 valence electrons. The number of carbonyl (C=O) groups is 1. The highest BCUT2D eigenvalue weighted by molar-refractivity contribution is 7.90. The van der Waals surface area contributed by atoms with Gasteiger partial charge in [0.2, 0.25) is 10.0 Å². The second kappa shape index (κ2) is 16.2. The van der Waals surface area contributed by atoms with E-state index in [9.17, 15) is 13.2 Å². The van der Waals surface area contributed by atoms with Crippen molar-refractivity contribution >= 4 is 33.2 Å². The van der Waals surface area contributed by atoms with E-state index < -0.39 is 26.8 Å². The zero-order valence-electron chi connectivity index (χ0n) is 31.1. The van der Waals surface area contributed by atoms with Crippen molar-refractivity contribution in [3.63, 3.8) is 0 Å². The third-order valence-electron chi connectivity index (χ3n) is 12.2. The van der Waals surface area contributed by atoms with Crippen molar-refractivity contribution in [1.82, 2.24) is 14.5 Å². The number of hydrogen-bond acceptors (Lipinski definition) is 8. The molecule has 4 aliphatic rings. The minimum absolute atomic E-state index is 0.213. The molecule has 1 amide bonds. The average Bonchev–Trinajstić information content (AvgIpc) is 3.12. The number of hydrogen-bond donors (Lipinski definition) is 1. The number of anilines is 1. The first-order chi connectivity index (χ1) is 24.4. The van der Waals surface area contributed by atoms with Crippen LogP contribution in [-0.2, 0) is 27.8 Å². The fourth-order valence-electron chi connectivity index (χ4n) is 8.42. The molecular formula is C40H57ClN4O5S. The highest BCUT2D eigenvalue weighted by Gasteiger charge is 2.48. The molecular weight excluding hydrogens is 684 g/mol. The molecule has 0 unspecified atom stereocenters. The Labute approximate surface area is 310 Å². The van der Waals surface area contributed by atoms with Gasteiger partial charge in [0.15, 0.2) is 0 Å². The Hall–Kier alpha value is -2.63. The smallest absolute Gasteiger partial charge is 0.264 e. The topological polar surface area (TPSA) is 91.4 Å². The summed E-state index contributed by atoms with van der Waals surface area (Å²) in [6, 6.07) is 11.8. The summed E-state index contributed by atoms with van der Waals surface area (Å²) in [5, 5.41) is -0.0531. The van der Waals surface area contributed by atoms with Gasteiger partial charge in [-0.05, 0) is 119 Å². The van der Waals surface area contributed by atoms with Crippen molar-refractivity contribution in [2.24, 2.45) is 17.8 Å². The van der Waals surface area contributed by atoms with Crippen molar-refractivity contribution in [2.75, 3.05) is 57.8 Å². The van der Waals surface area contributed by atoms with Crippen LogP contribution in [0.1, 0.15) is 81.3 Å². The van der Waals surface area contributed by atoms with Crippen LogP contribution in [0.5, 0.6) is 5.75 Å². The molecule has 11 heteroatoms. The molecule has 0 radical (unpaired) electrons. The summed E-state index contributed by atoms with van der Waals surface area (Å²) in [5.74, 6) is 0.493. The van der Waals surface area contributed by atoms with Crippen molar-refractivity contribution in [1.29, 1.82) is 0 Å². The summed E-state index contributed by atoms with van der Waals surface area (Å²) in [6.45, 7) is 15.0. The van der Waals surface area contributed by atoms with E-state index in [-0.39, 0.29) is 11.8 Å². The van der Waals surface area contributed by atoms with E-state index in [1.165, 1.54) is 5.56 Å². The molecule has 1 aliphatic carbocycles. The van der Waals surface area contributed by atoms with Crippen LogP contribution in [0.4, 0.5) is 5.69 Å². The molecule has 1 saturated carbocycles. The van der Waals surface area contributed by atoms with Crippen LogP contribution >= 0.6 is 11.6 Å². The highest BCUT2D eigenvalue weighted by Crippen LogP contribution is 2.47. The van der Waals surface area contributed by atoms with Gasteiger partial charge in [-0.25, -0.2) is 13.1 Å². The number of fused-ring (bicyclic) bond motifs is 3. The van der Waals surface area contributed by atoms with Crippen LogP contribution in [0.15, 0.2) is 48.6 Å². The molecule has 6 rings (SSSR count). The molecule has 0 aromatic heterocycles. The Morgan fingerprint density at radius 3 is 2.51 bits per heavy atom. The second-order valence-corrected chi connectivity index (χ2v) is 18.1. The van der Waals surface area contributed by atoms with Crippen molar-refractivity contribution in [3.05, 3.63) is 70.3 Å². The molecule has 3 aliphatic heterocycles. The summed E-state index contributed by atoms with van der Waals surface area (Å²) in [4.78, 5) is 21.1. The first-order valence-corrected chi connectivity index (χ1v) is 20.9. The monoisotopic (exact) mass is 740 g/mol. The Morgan fingerprint density at radius 1 is 1.02 bits per heavy atom.